The Morgan fingerprint density at radius 1 is 1.13 bits per heavy atom. The normalized spacial score (nSPS) is 16.4. The first-order valence-electron chi connectivity index (χ1n) is 9.93. The number of carbonyl (C=O) groups excluding carboxylic acids is 2. The number of nitrogens with zero attached hydrogens (tertiary/aromatic N) is 7. The van der Waals surface area contributed by atoms with Crippen molar-refractivity contribution in [2.75, 3.05) is 13.1 Å². The topological polar surface area (TPSA) is 108 Å². The summed E-state index contributed by atoms with van der Waals surface area (Å²) in [5.74, 6) is 0.243. The number of amides is 1. The largest absolute Gasteiger partial charge is 0.470 e. The van der Waals surface area contributed by atoms with Gasteiger partial charge in [-0.2, -0.15) is 15.0 Å². The zero-order valence-electron chi connectivity index (χ0n) is 16.5. The highest BCUT2D eigenvalue weighted by Gasteiger charge is 2.28. The predicted molar refractivity (Wildman–Crippen MR) is 109 cm³/mol. The quantitative estimate of drug-likeness (QED) is 0.456. The summed E-state index contributed by atoms with van der Waals surface area (Å²) in [4.78, 5) is 36.2. The summed E-state index contributed by atoms with van der Waals surface area (Å²) in [6.07, 6.45) is 9.95. The lowest BCUT2D eigenvalue weighted by Crippen LogP contribution is -2.44. The Kier molecular flexibility index (Phi) is 4.87. The summed E-state index contributed by atoms with van der Waals surface area (Å²) >= 11 is 0. The number of hydrogen-bond acceptors (Lipinski definition) is 7. The minimum absolute atomic E-state index is 0.101. The van der Waals surface area contributed by atoms with Crippen molar-refractivity contribution < 1.29 is 14.3 Å². The van der Waals surface area contributed by atoms with E-state index in [1.165, 1.54) is 11.0 Å². The zero-order valence-corrected chi connectivity index (χ0v) is 16.5. The molecule has 1 aliphatic heterocycles. The standard InChI is InChI=1S/C21H19N7O3/c29-14-15-12-23-19-20(22-9-11-27(15)19)31-16-4-3-10-26(13-16)21(30)17-5-1-2-6-18(17)28-24-7-8-25-28/h1-2,5-9,11-12,14,16H,3-4,10,13H2. The van der Waals surface area contributed by atoms with E-state index in [2.05, 4.69) is 20.2 Å². The molecule has 0 radical (unpaired) electrons. The van der Waals surface area contributed by atoms with Crippen LogP contribution >= 0.6 is 0 Å². The molecule has 10 nitrogen and oxygen atoms in total. The molecule has 1 amide bonds. The average molecular weight is 417 g/mol. The number of imidazole rings is 1. The Hall–Kier alpha value is -4.08. The van der Waals surface area contributed by atoms with Gasteiger partial charge in [0.15, 0.2) is 6.29 Å². The fourth-order valence-corrected chi connectivity index (χ4v) is 3.80. The van der Waals surface area contributed by atoms with Gasteiger partial charge in [0.25, 0.3) is 11.8 Å². The molecule has 31 heavy (non-hydrogen) atoms. The summed E-state index contributed by atoms with van der Waals surface area (Å²) in [7, 11) is 0. The predicted octanol–water partition coefficient (Wildman–Crippen LogP) is 1.81. The Labute approximate surface area is 177 Å². The van der Waals surface area contributed by atoms with Gasteiger partial charge in [-0.25, -0.2) is 9.97 Å². The van der Waals surface area contributed by atoms with E-state index in [0.717, 1.165) is 19.1 Å². The molecule has 1 aromatic carbocycles. The Morgan fingerprint density at radius 2 is 1.97 bits per heavy atom. The van der Waals surface area contributed by atoms with Gasteiger partial charge >= 0.3 is 0 Å². The number of aldehydes is 1. The molecule has 4 heterocycles. The Morgan fingerprint density at radius 3 is 2.81 bits per heavy atom. The molecule has 0 spiro atoms. The van der Waals surface area contributed by atoms with Crippen LogP contribution in [0.1, 0.15) is 33.7 Å². The van der Waals surface area contributed by atoms with Crippen LogP contribution in [-0.4, -0.2) is 65.6 Å². The van der Waals surface area contributed by atoms with Crippen LogP contribution in [0.4, 0.5) is 0 Å². The monoisotopic (exact) mass is 417 g/mol. The fourth-order valence-electron chi connectivity index (χ4n) is 3.80. The van der Waals surface area contributed by atoms with E-state index in [4.69, 9.17) is 4.74 Å². The van der Waals surface area contributed by atoms with Crippen LogP contribution in [0.25, 0.3) is 11.3 Å². The number of rotatable bonds is 5. The second kappa shape index (κ2) is 7.98. The second-order valence-electron chi connectivity index (χ2n) is 7.20. The van der Waals surface area contributed by atoms with Crippen molar-refractivity contribution >= 4 is 17.8 Å². The summed E-state index contributed by atoms with van der Waals surface area (Å²) in [5, 5.41) is 8.30. The maximum atomic E-state index is 13.3. The number of hydrogen-bond donors (Lipinski definition) is 0. The molecule has 10 heteroatoms. The molecule has 1 atom stereocenters. The van der Waals surface area contributed by atoms with Crippen molar-refractivity contribution in [1.82, 2.24) is 34.3 Å². The first kappa shape index (κ1) is 18.9. The molecule has 3 aromatic heterocycles. The molecule has 5 rings (SSSR count). The maximum Gasteiger partial charge on any atom is 0.258 e. The number of fused-ring (bicyclic) bond motifs is 1. The molecule has 156 valence electrons. The van der Waals surface area contributed by atoms with E-state index < -0.39 is 0 Å². The highest BCUT2D eigenvalue weighted by Crippen LogP contribution is 2.23. The molecule has 1 aliphatic rings. The van der Waals surface area contributed by atoms with E-state index in [9.17, 15) is 9.59 Å². The van der Waals surface area contributed by atoms with E-state index >= 15 is 0 Å². The third-order valence-electron chi connectivity index (χ3n) is 5.26. The summed E-state index contributed by atoms with van der Waals surface area (Å²) in [6.45, 7) is 1.06. The third-order valence-corrected chi connectivity index (χ3v) is 5.26. The van der Waals surface area contributed by atoms with Gasteiger partial charge in [0.1, 0.15) is 11.8 Å². The van der Waals surface area contributed by atoms with Crippen LogP contribution in [0, 0.1) is 0 Å². The number of aromatic nitrogens is 6. The van der Waals surface area contributed by atoms with Gasteiger partial charge in [0, 0.05) is 18.9 Å². The Bertz CT molecular complexity index is 1240. The first-order valence-corrected chi connectivity index (χ1v) is 9.93. The average Bonchev–Trinajstić information content (AvgIpc) is 3.49. The first-order chi connectivity index (χ1) is 15.2. The van der Waals surface area contributed by atoms with Gasteiger partial charge < -0.3 is 9.64 Å². The molecule has 1 saturated heterocycles. The molecule has 1 fully saturated rings. The molecule has 0 N–H and O–H groups in total. The van der Waals surface area contributed by atoms with E-state index in [1.807, 2.05) is 18.2 Å². The molecule has 1 unspecified atom stereocenters. The summed E-state index contributed by atoms with van der Waals surface area (Å²) in [6, 6.07) is 7.27. The number of para-hydroxylation sites is 1. The fraction of sp³-hybridized carbons (Fsp3) is 0.238. The van der Waals surface area contributed by atoms with Crippen molar-refractivity contribution in [3.05, 3.63) is 66.5 Å². The van der Waals surface area contributed by atoms with Crippen LogP contribution in [0.5, 0.6) is 5.88 Å². The lowest BCUT2D eigenvalue weighted by Gasteiger charge is -2.33. The summed E-state index contributed by atoms with van der Waals surface area (Å²) in [5.41, 5.74) is 2.06. The van der Waals surface area contributed by atoms with Crippen molar-refractivity contribution in [3.8, 4) is 11.6 Å². The van der Waals surface area contributed by atoms with Crippen molar-refractivity contribution in [1.29, 1.82) is 0 Å². The SMILES string of the molecule is O=Cc1cnc2c(OC3CCCN(C(=O)c4ccccc4-n4nccn4)C3)nccn12. The molecule has 0 saturated carbocycles. The van der Waals surface area contributed by atoms with Gasteiger partial charge in [-0.05, 0) is 25.0 Å². The number of ether oxygens (including phenoxy) is 1. The smallest absolute Gasteiger partial charge is 0.258 e. The molecule has 4 aromatic rings. The van der Waals surface area contributed by atoms with Crippen molar-refractivity contribution in [2.45, 2.75) is 18.9 Å². The minimum atomic E-state index is -0.234. The van der Waals surface area contributed by atoms with Gasteiger partial charge in [-0.3, -0.25) is 14.0 Å². The van der Waals surface area contributed by atoms with Crippen molar-refractivity contribution in [2.24, 2.45) is 0 Å². The van der Waals surface area contributed by atoms with E-state index in [0.29, 0.717) is 41.6 Å². The zero-order chi connectivity index (χ0) is 21.2. The van der Waals surface area contributed by atoms with Gasteiger partial charge in [-0.1, -0.05) is 12.1 Å². The molecular formula is C21H19N7O3. The van der Waals surface area contributed by atoms with Gasteiger partial charge in [0.2, 0.25) is 5.65 Å². The van der Waals surface area contributed by atoms with Crippen LogP contribution in [0.2, 0.25) is 0 Å². The van der Waals surface area contributed by atoms with Crippen LogP contribution in [-0.2, 0) is 0 Å². The Balaban J connectivity index is 1.37. The highest BCUT2D eigenvalue weighted by molar-refractivity contribution is 5.97. The molecule has 0 bridgehead atoms. The van der Waals surface area contributed by atoms with Crippen LogP contribution in [0.15, 0.2) is 55.2 Å². The maximum absolute atomic E-state index is 13.3. The highest BCUT2D eigenvalue weighted by atomic mass is 16.5. The molecular weight excluding hydrogens is 398 g/mol. The van der Waals surface area contributed by atoms with E-state index in [1.54, 1.807) is 40.2 Å². The van der Waals surface area contributed by atoms with Gasteiger partial charge in [-0.15, -0.1) is 0 Å². The minimum Gasteiger partial charge on any atom is -0.470 e. The summed E-state index contributed by atoms with van der Waals surface area (Å²) < 4.78 is 7.74. The number of benzene rings is 1. The number of likely N-dealkylation sites (tertiary alicyclic amines) is 1. The number of carbonyl (C=O) groups is 2. The van der Waals surface area contributed by atoms with Gasteiger partial charge in [0.05, 0.1) is 36.4 Å². The van der Waals surface area contributed by atoms with E-state index in [-0.39, 0.29) is 12.0 Å². The van der Waals surface area contributed by atoms with Crippen LogP contribution in [0.3, 0.4) is 0 Å². The lowest BCUT2D eigenvalue weighted by molar-refractivity contribution is 0.0530. The third kappa shape index (κ3) is 3.52. The van der Waals surface area contributed by atoms with Crippen molar-refractivity contribution in [3.63, 3.8) is 0 Å². The second-order valence-corrected chi connectivity index (χ2v) is 7.20. The van der Waals surface area contributed by atoms with Crippen LogP contribution < -0.4 is 4.74 Å². The molecule has 0 aliphatic carbocycles. The number of piperidine rings is 1. The lowest BCUT2D eigenvalue weighted by atomic mass is 10.1.